The maximum absolute atomic E-state index is 11.8. The molecule has 3 N–H and O–H groups in total. The number of carbonyl (C=O) groups excluding carboxylic acids is 1. The van der Waals surface area contributed by atoms with E-state index in [1.807, 2.05) is 12.1 Å². The fourth-order valence-corrected chi connectivity index (χ4v) is 1.59. The van der Waals surface area contributed by atoms with Gasteiger partial charge < -0.3 is 11.1 Å². The molecule has 0 radical (unpaired) electrons. The van der Waals surface area contributed by atoms with Gasteiger partial charge in [-0.05, 0) is 36.8 Å². The predicted octanol–water partition coefficient (Wildman–Crippen LogP) is 1.76. The summed E-state index contributed by atoms with van der Waals surface area (Å²) in [5.74, 6) is -0.184. The summed E-state index contributed by atoms with van der Waals surface area (Å²) in [4.78, 5) is 11.8. The maximum Gasteiger partial charge on any atom is 0.271 e. The Bertz CT molecular complexity index is 571. The van der Waals surface area contributed by atoms with Gasteiger partial charge >= 0.3 is 0 Å². The van der Waals surface area contributed by atoms with Crippen LogP contribution in [0.5, 0.6) is 0 Å². The van der Waals surface area contributed by atoms with Gasteiger partial charge in [-0.15, -0.1) is 6.58 Å². The molecule has 1 aromatic carbocycles. The minimum atomic E-state index is -0.184. The third-order valence-corrected chi connectivity index (χ3v) is 2.61. The van der Waals surface area contributed by atoms with Crippen molar-refractivity contribution in [3.05, 3.63) is 54.9 Å². The van der Waals surface area contributed by atoms with Crippen LogP contribution in [0.3, 0.4) is 0 Å². The van der Waals surface area contributed by atoms with Gasteiger partial charge in [-0.25, -0.2) is 4.68 Å². The highest BCUT2D eigenvalue weighted by atomic mass is 16.1. The number of carbonyl (C=O) groups is 1. The number of nitrogens with zero attached hydrogens (tertiary/aromatic N) is 2. The monoisotopic (exact) mass is 256 g/mol. The number of benzene rings is 1. The number of anilines is 1. The molecule has 0 spiro atoms. The summed E-state index contributed by atoms with van der Waals surface area (Å²) in [5, 5.41) is 6.99. The first kappa shape index (κ1) is 12.9. The summed E-state index contributed by atoms with van der Waals surface area (Å²) < 4.78 is 1.64. The van der Waals surface area contributed by atoms with Gasteiger partial charge in [0.1, 0.15) is 0 Å². The topological polar surface area (TPSA) is 72.9 Å². The quantitative estimate of drug-likeness (QED) is 0.486. The molecule has 5 heteroatoms. The van der Waals surface area contributed by atoms with Crippen molar-refractivity contribution < 1.29 is 4.79 Å². The third-order valence-electron chi connectivity index (χ3n) is 2.61. The van der Waals surface area contributed by atoms with Gasteiger partial charge in [0.15, 0.2) is 5.69 Å². The molecule has 2 rings (SSSR count). The van der Waals surface area contributed by atoms with E-state index in [0.29, 0.717) is 17.9 Å². The van der Waals surface area contributed by atoms with Gasteiger partial charge in [0.05, 0.1) is 5.69 Å². The van der Waals surface area contributed by atoms with Crippen LogP contribution in [-0.2, 0) is 0 Å². The van der Waals surface area contributed by atoms with E-state index in [1.165, 1.54) is 0 Å². The highest BCUT2D eigenvalue weighted by Gasteiger charge is 2.09. The Balaban J connectivity index is 2.08. The third kappa shape index (κ3) is 3.22. The Morgan fingerprint density at radius 2 is 2.11 bits per heavy atom. The molecule has 19 heavy (non-hydrogen) atoms. The molecule has 0 aliphatic heterocycles. The van der Waals surface area contributed by atoms with Crippen LogP contribution < -0.4 is 11.1 Å². The molecular weight excluding hydrogens is 240 g/mol. The zero-order valence-corrected chi connectivity index (χ0v) is 10.5. The first-order valence-electron chi connectivity index (χ1n) is 6.01. The molecule has 98 valence electrons. The fraction of sp³-hybridized carbons (Fsp3) is 0.143. The number of nitrogens with one attached hydrogen (secondary N) is 1. The Morgan fingerprint density at radius 3 is 2.79 bits per heavy atom. The van der Waals surface area contributed by atoms with E-state index in [-0.39, 0.29) is 5.91 Å². The summed E-state index contributed by atoms with van der Waals surface area (Å²) in [6.07, 6.45) is 4.24. The van der Waals surface area contributed by atoms with Crippen molar-refractivity contribution in [3.63, 3.8) is 0 Å². The van der Waals surface area contributed by atoms with E-state index < -0.39 is 0 Å². The number of hydrogen-bond donors (Lipinski definition) is 2. The lowest BCUT2D eigenvalue weighted by Gasteiger charge is -2.02. The summed E-state index contributed by atoms with van der Waals surface area (Å²) in [6, 6.07) is 8.96. The average molecular weight is 256 g/mol. The Kier molecular flexibility index (Phi) is 3.97. The Hall–Kier alpha value is -2.56. The second-order valence-electron chi connectivity index (χ2n) is 4.07. The lowest BCUT2D eigenvalue weighted by Crippen LogP contribution is -2.24. The SMILES string of the molecule is C=CCCNC(=O)c1ccn(-c2ccc(N)cc2)n1. The van der Waals surface area contributed by atoms with Crippen LogP contribution in [0, 0.1) is 0 Å². The number of rotatable bonds is 5. The highest BCUT2D eigenvalue weighted by molar-refractivity contribution is 5.92. The molecule has 1 heterocycles. The fourth-order valence-electron chi connectivity index (χ4n) is 1.59. The normalized spacial score (nSPS) is 10.1. The second-order valence-corrected chi connectivity index (χ2v) is 4.07. The second kappa shape index (κ2) is 5.86. The molecular formula is C14H16N4O. The van der Waals surface area contributed by atoms with Crippen molar-refractivity contribution in [2.45, 2.75) is 6.42 Å². The van der Waals surface area contributed by atoms with Gasteiger partial charge in [0, 0.05) is 18.4 Å². The van der Waals surface area contributed by atoms with Crippen molar-refractivity contribution >= 4 is 11.6 Å². The number of hydrogen-bond acceptors (Lipinski definition) is 3. The minimum Gasteiger partial charge on any atom is -0.399 e. The average Bonchev–Trinajstić information content (AvgIpc) is 2.89. The minimum absolute atomic E-state index is 0.184. The van der Waals surface area contributed by atoms with Crippen LogP contribution in [0.1, 0.15) is 16.9 Å². The molecule has 1 amide bonds. The summed E-state index contributed by atoms with van der Waals surface area (Å²) in [5.41, 5.74) is 7.57. The molecule has 2 aromatic rings. The number of nitrogen functional groups attached to an aromatic ring is 1. The Labute approximate surface area is 111 Å². The van der Waals surface area contributed by atoms with Gasteiger partial charge in [-0.1, -0.05) is 6.08 Å². The molecule has 0 fully saturated rings. The van der Waals surface area contributed by atoms with Gasteiger partial charge in [0.2, 0.25) is 0 Å². The van der Waals surface area contributed by atoms with Crippen LogP contribution in [-0.4, -0.2) is 22.2 Å². The van der Waals surface area contributed by atoms with Gasteiger partial charge in [0.25, 0.3) is 5.91 Å². The molecule has 0 bridgehead atoms. The van der Waals surface area contributed by atoms with Crippen molar-refractivity contribution in [3.8, 4) is 5.69 Å². The Morgan fingerprint density at radius 1 is 1.37 bits per heavy atom. The van der Waals surface area contributed by atoms with E-state index in [0.717, 1.165) is 12.1 Å². The zero-order valence-electron chi connectivity index (χ0n) is 10.5. The molecule has 0 aliphatic rings. The number of amides is 1. The van der Waals surface area contributed by atoms with E-state index in [1.54, 1.807) is 35.2 Å². The van der Waals surface area contributed by atoms with Crippen LogP contribution in [0.25, 0.3) is 5.69 Å². The summed E-state index contributed by atoms with van der Waals surface area (Å²) in [7, 11) is 0. The zero-order chi connectivity index (χ0) is 13.7. The summed E-state index contributed by atoms with van der Waals surface area (Å²) in [6.45, 7) is 4.17. The van der Waals surface area contributed by atoms with E-state index in [9.17, 15) is 4.79 Å². The summed E-state index contributed by atoms with van der Waals surface area (Å²) >= 11 is 0. The number of aromatic nitrogens is 2. The molecule has 5 nitrogen and oxygen atoms in total. The highest BCUT2D eigenvalue weighted by Crippen LogP contribution is 2.10. The molecule has 0 saturated heterocycles. The van der Waals surface area contributed by atoms with E-state index >= 15 is 0 Å². The smallest absolute Gasteiger partial charge is 0.271 e. The molecule has 1 aromatic heterocycles. The van der Waals surface area contributed by atoms with Gasteiger partial charge in [-0.3, -0.25) is 4.79 Å². The lowest BCUT2D eigenvalue weighted by molar-refractivity contribution is 0.0949. The van der Waals surface area contributed by atoms with Gasteiger partial charge in [-0.2, -0.15) is 5.10 Å². The van der Waals surface area contributed by atoms with Crippen molar-refractivity contribution in [2.24, 2.45) is 0 Å². The standard InChI is InChI=1S/C14H16N4O/c1-2-3-9-16-14(19)13-8-10-18(17-13)12-6-4-11(15)5-7-12/h2,4-8,10H,1,3,9,15H2,(H,16,19). The molecule has 0 atom stereocenters. The molecule has 0 saturated carbocycles. The molecule has 0 unspecified atom stereocenters. The first-order chi connectivity index (χ1) is 9.20. The van der Waals surface area contributed by atoms with E-state index in [4.69, 9.17) is 5.73 Å². The maximum atomic E-state index is 11.8. The van der Waals surface area contributed by atoms with Crippen molar-refractivity contribution in [1.29, 1.82) is 0 Å². The lowest BCUT2D eigenvalue weighted by atomic mass is 10.3. The van der Waals surface area contributed by atoms with Crippen LogP contribution >= 0.6 is 0 Å². The van der Waals surface area contributed by atoms with Crippen LogP contribution in [0.4, 0.5) is 5.69 Å². The van der Waals surface area contributed by atoms with E-state index in [2.05, 4.69) is 17.0 Å². The number of nitrogens with two attached hydrogens (primary N) is 1. The largest absolute Gasteiger partial charge is 0.399 e. The first-order valence-corrected chi connectivity index (χ1v) is 6.01. The van der Waals surface area contributed by atoms with Crippen molar-refractivity contribution in [1.82, 2.24) is 15.1 Å². The molecule has 0 aliphatic carbocycles. The van der Waals surface area contributed by atoms with Crippen molar-refractivity contribution in [2.75, 3.05) is 12.3 Å². The van der Waals surface area contributed by atoms with Crippen LogP contribution in [0.15, 0.2) is 49.2 Å². The van der Waals surface area contributed by atoms with Crippen LogP contribution in [0.2, 0.25) is 0 Å². The predicted molar refractivity (Wildman–Crippen MR) is 75.1 cm³/mol.